The molecule has 0 amide bonds. The van der Waals surface area contributed by atoms with Gasteiger partial charge < -0.3 is 14.5 Å². The van der Waals surface area contributed by atoms with E-state index in [2.05, 4.69) is 47.7 Å². The lowest BCUT2D eigenvalue weighted by molar-refractivity contribution is 0.259. The SMILES string of the molecule is CCCN1NC(c2ccc(OC)cc2)C2=C1/C(=C\c1ccc(OC)cc1)CSC2. The Morgan fingerprint density at radius 2 is 1.66 bits per heavy atom. The summed E-state index contributed by atoms with van der Waals surface area (Å²) >= 11 is 1.99. The van der Waals surface area contributed by atoms with E-state index in [9.17, 15) is 0 Å². The Morgan fingerprint density at radius 1 is 1.00 bits per heavy atom. The maximum Gasteiger partial charge on any atom is 0.118 e. The van der Waals surface area contributed by atoms with Crippen molar-refractivity contribution in [2.24, 2.45) is 0 Å². The van der Waals surface area contributed by atoms with Crippen molar-refractivity contribution >= 4 is 17.8 Å². The van der Waals surface area contributed by atoms with Gasteiger partial charge in [-0.05, 0) is 59.0 Å². The van der Waals surface area contributed by atoms with Crippen molar-refractivity contribution in [1.82, 2.24) is 10.4 Å². The fourth-order valence-electron chi connectivity index (χ4n) is 3.96. The standard InChI is InChI=1S/C24H28N2O2S/c1-4-13-26-24-19(14-17-5-9-20(27-2)10-6-17)15-29-16-22(24)23(25-26)18-7-11-21(28-3)12-8-18/h5-12,14,23,25H,4,13,15-16H2,1-3H3/b19-14-. The summed E-state index contributed by atoms with van der Waals surface area (Å²) in [6.45, 7) is 3.23. The highest BCUT2D eigenvalue weighted by Gasteiger charge is 2.35. The Labute approximate surface area is 177 Å². The van der Waals surface area contributed by atoms with Crippen LogP contribution in [0.5, 0.6) is 11.5 Å². The zero-order valence-corrected chi connectivity index (χ0v) is 18.1. The van der Waals surface area contributed by atoms with Crippen molar-refractivity contribution in [3.63, 3.8) is 0 Å². The molecule has 0 aromatic heterocycles. The van der Waals surface area contributed by atoms with Crippen LogP contribution < -0.4 is 14.9 Å². The van der Waals surface area contributed by atoms with Crippen molar-refractivity contribution < 1.29 is 9.47 Å². The first kappa shape index (κ1) is 19.9. The van der Waals surface area contributed by atoms with Gasteiger partial charge in [0.2, 0.25) is 0 Å². The number of hydrogen-bond acceptors (Lipinski definition) is 5. The van der Waals surface area contributed by atoms with Crippen molar-refractivity contribution in [2.75, 3.05) is 32.3 Å². The molecule has 2 aliphatic heterocycles. The van der Waals surface area contributed by atoms with Gasteiger partial charge in [0.05, 0.1) is 26.0 Å². The van der Waals surface area contributed by atoms with Crippen molar-refractivity contribution in [1.29, 1.82) is 0 Å². The number of thioether (sulfide) groups is 1. The quantitative estimate of drug-likeness (QED) is 0.723. The third-order valence-corrected chi connectivity index (χ3v) is 6.41. The molecule has 0 aliphatic carbocycles. The molecule has 2 heterocycles. The average molecular weight is 409 g/mol. The van der Waals surface area contributed by atoms with Crippen LogP contribution in [-0.2, 0) is 0 Å². The topological polar surface area (TPSA) is 33.7 Å². The number of nitrogens with one attached hydrogen (secondary N) is 1. The molecular formula is C24H28N2O2S. The van der Waals surface area contributed by atoms with E-state index >= 15 is 0 Å². The largest absolute Gasteiger partial charge is 0.497 e. The molecule has 0 spiro atoms. The highest BCUT2D eigenvalue weighted by Crippen LogP contribution is 2.42. The first-order valence-electron chi connectivity index (χ1n) is 10.1. The lowest BCUT2D eigenvalue weighted by atomic mass is 9.97. The molecule has 5 heteroatoms. The van der Waals surface area contributed by atoms with Gasteiger partial charge in [-0.1, -0.05) is 31.2 Å². The Bertz CT molecular complexity index is 903. The van der Waals surface area contributed by atoms with Crippen LogP contribution in [0.1, 0.15) is 30.5 Å². The molecule has 1 N–H and O–H groups in total. The molecule has 1 atom stereocenters. The predicted molar refractivity (Wildman–Crippen MR) is 121 cm³/mol. The summed E-state index contributed by atoms with van der Waals surface area (Å²) < 4.78 is 10.6. The Hall–Kier alpha value is -2.37. The van der Waals surface area contributed by atoms with Crippen LogP contribution in [0.4, 0.5) is 0 Å². The van der Waals surface area contributed by atoms with Gasteiger partial charge in [-0.25, -0.2) is 5.43 Å². The molecule has 2 aliphatic rings. The van der Waals surface area contributed by atoms with Crippen molar-refractivity contribution in [2.45, 2.75) is 19.4 Å². The monoisotopic (exact) mass is 408 g/mol. The van der Waals surface area contributed by atoms with E-state index in [4.69, 9.17) is 9.47 Å². The second-order valence-corrected chi connectivity index (χ2v) is 8.28. The second-order valence-electron chi connectivity index (χ2n) is 7.30. The van der Waals surface area contributed by atoms with Crippen LogP contribution in [0.25, 0.3) is 6.08 Å². The summed E-state index contributed by atoms with van der Waals surface area (Å²) in [5.41, 5.74) is 10.5. The fraction of sp³-hybridized carbons (Fsp3) is 0.333. The molecule has 152 valence electrons. The Kier molecular flexibility index (Phi) is 6.16. The van der Waals surface area contributed by atoms with Gasteiger partial charge in [0, 0.05) is 18.1 Å². The number of benzene rings is 2. The third kappa shape index (κ3) is 4.16. The molecular weight excluding hydrogens is 380 g/mol. The van der Waals surface area contributed by atoms with Crippen LogP contribution >= 0.6 is 11.8 Å². The van der Waals surface area contributed by atoms with Crippen molar-refractivity contribution in [3.8, 4) is 11.5 Å². The summed E-state index contributed by atoms with van der Waals surface area (Å²) in [5.74, 6) is 3.87. The highest BCUT2D eigenvalue weighted by molar-refractivity contribution is 7.99. The van der Waals surface area contributed by atoms with E-state index in [1.807, 2.05) is 36.0 Å². The molecule has 0 radical (unpaired) electrons. The van der Waals surface area contributed by atoms with Crippen molar-refractivity contribution in [3.05, 3.63) is 76.5 Å². The Morgan fingerprint density at radius 3 is 2.28 bits per heavy atom. The molecule has 0 saturated carbocycles. The molecule has 29 heavy (non-hydrogen) atoms. The smallest absolute Gasteiger partial charge is 0.118 e. The number of rotatable bonds is 6. The third-order valence-electron chi connectivity index (χ3n) is 5.38. The lowest BCUT2D eigenvalue weighted by Crippen LogP contribution is -2.34. The van der Waals surface area contributed by atoms with Crippen LogP contribution in [0.3, 0.4) is 0 Å². The summed E-state index contributed by atoms with van der Waals surface area (Å²) in [4.78, 5) is 0. The summed E-state index contributed by atoms with van der Waals surface area (Å²) in [6, 6.07) is 16.9. The minimum Gasteiger partial charge on any atom is -0.497 e. The molecule has 0 saturated heterocycles. The van der Waals surface area contributed by atoms with E-state index in [0.717, 1.165) is 36.0 Å². The van der Waals surface area contributed by atoms with Crippen LogP contribution in [-0.4, -0.2) is 37.3 Å². The van der Waals surface area contributed by atoms with E-state index in [0.29, 0.717) is 0 Å². The first-order chi connectivity index (χ1) is 14.2. The van der Waals surface area contributed by atoms with E-state index in [-0.39, 0.29) is 6.04 Å². The molecule has 0 fully saturated rings. The number of allylic oxidation sites excluding steroid dienone is 1. The fourth-order valence-corrected chi connectivity index (χ4v) is 5.03. The van der Waals surface area contributed by atoms with Crippen LogP contribution in [0.15, 0.2) is 65.4 Å². The summed E-state index contributed by atoms with van der Waals surface area (Å²) in [5, 5.41) is 2.36. The molecule has 4 rings (SSSR count). The second kappa shape index (κ2) is 8.97. The van der Waals surface area contributed by atoms with E-state index in [1.54, 1.807) is 14.2 Å². The van der Waals surface area contributed by atoms with Gasteiger partial charge in [0.15, 0.2) is 0 Å². The van der Waals surface area contributed by atoms with Crippen LogP contribution in [0.2, 0.25) is 0 Å². The normalized spacial score (nSPS) is 20.2. The maximum atomic E-state index is 5.33. The Balaban J connectivity index is 1.70. The summed E-state index contributed by atoms with van der Waals surface area (Å²) in [7, 11) is 3.41. The summed E-state index contributed by atoms with van der Waals surface area (Å²) in [6.07, 6.45) is 3.42. The van der Waals surface area contributed by atoms with E-state index < -0.39 is 0 Å². The van der Waals surface area contributed by atoms with Gasteiger partial charge in [0.25, 0.3) is 0 Å². The van der Waals surface area contributed by atoms with Gasteiger partial charge >= 0.3 is 0 Å². The predicted octanol–water partition coefficient (Wildman–Crippen LogP) is 5.06. The number of methoxy groups -OCH3 is 2. The molecule has 2 aromatic rings. The number of nitrogens with zero attached hydrogens (tertiary/aromatic N) is 1. The zero-order chi connectivity index (χ0) is 20.2. The molecule has 4 nitrogen and oxygen atoms in total. The minimum atomic E-state index is 0.217. The first-order valence-corrected chi connectivity index (χ1v) is 11.2. The van der Waals surface area contributed by atoms with E-state index in [1.165, 1.54) is 28.0 Å². The number of hydrazine groups is 1. The lowest BCUT2D eigenvalue weighted by Gasteiger charge is -2.26. The zero-order valence-electron chi connectivity index (χ0n) is 17.3. The maximum absolute atomic E-state index is 5.33. The van der Waals surface area contributed by atoms with Gasteiger partial charge in [-0.15, -0.1) is 0 Å². The highest BCUT2D eigenvalue weighted by atomic mass is 32.2. The molecule has 0 bridgehead atoms. The molecule has 2 aromatic carbocycles. The number of ether oxygens (including phenoxy) is 2. The number of hydrogen-bond donors (Lipinski definition) is 1. The average Bonchev–Trinajstić information content (AvgIpc) is 3.14. The minimum absolute atomic E-state index is 0.217. The van der Waals surface area contributed by atoms with Gasteiger partial charge in [-0.3, -0.25) is 0 Å². The van der Waals surface area contributed by atoms with Gasteiger partial charge in [-0.2, -0.15) is 11.8 Å². The molecule has 1 unspecified atom stereocenters. The van der Waals surface area contributed by atoms with Gasteiger partial charge in [0.1, 0.15) is 11.5 Å². The van der Waals surface area contributed by atoms with Crippen LogP contribution in [0, 0.1) is 0 Å².